The number of likely N-dealkylation sites (N-methyl/N-ethyl adjacent to an activating group) is 1. The van der Waals surface area contributed by atoms with Crippen LogP contribution in [-0.4, -0.2) is 52.7 Å². The molecule has 1 heterocycles. The number of halogens is 3. The molecule has 0 radical (unpaired) electrons. The SMILES string of the molecule is CN(CC(=O)OC(C)(C)C)C(=O)C(=O)c1cn(Cc2ccccc2)c2ccc(-c3cccc(OC(F)(F)F)c3)cc12. The van der Waals surface area contributed by atoms with Crippen molar-refractivity contribution in [2.75, 3.05) is 13.6 Å². The van der Waals surface area contributed by atoms with Crippen molar-refractivity contribution < 1.29 is 37.0 Å². The van der Waals surface area contributed by atoms with Crippen LogP contribution >= 0.6 is 0 Å². The molecule has 214 valence electrons. The maximum absolute atomic E-state index is 13.5. The first-order chi connectivity index (χ1) is 19.2. The number of rotatable bonds is 8. The van der Waals surface area contributed by atoms with Crippen LogP contribution in [0.4, 0.5) is 13.2 Å². The molecule has 0 bridgehead atoms. The Morgan fingerprint density at radius 3 is 2.22 bits per heavy atom. The number of hydrogen-bond donors (Lipinski definition) is 0. The van der Waals surface area contributed by atoms with Crippen molar-refractivity contribution in [3.05, 3.63) is 90.1 Å². The van der Waals surface area contributed by atoms with Crippen LogP contribution in [0.2, 0.25) is 0 Å². The number of Topliss-reactive ketones (excluding diaryl/α,β-unsaturated/α-hetero) is 1. The smallest absolute Gasteiger partial charge is 0.459 e. The van der Waals surface area contributed by atoms with E-state index in [0.717, 1.165) is 10.5 Å². The van der Waals surface area contributed by atoms with Gasteiger partial charge in [-0.05, 0) is 61.7 Å². The lowest BCUT2D eigenvalue weighted by molar-refractivity contribution is -0.274. The molecule has 4 rings (SSSR count). The van der Waals surface area contributed by atoms with E-state index < -0.39 is 36.2 Å². The van der Waals surface area contributed by atoms with Gasteiger partial charge in [0.25, 0.3) is 11.7 Å². The molecule has 0 aliphatic rings. The number of amides is 1. The summed E-state index contributed by atoms with van der Waals surface area (Å²) in [4.78, 5) is 39.9. The van der Waals surface area contributed by atoms with E-state index in [9.17, 15) is 27.6 Å². The molecule has 7 nitrogen and oxygen atoms in total. The molecule has 0 atom stereocenters. The van der Waals surface area contributed by atoms with E-state index in [4.69, 9.17) is 4.74 Å². The fourth-order valence-corrected chi connectivity index (χ4v) is 4.37. The minimum Gasteiger partial charge on any atom is -0.459 e. The number of ketones is 1. The molecule has 4 aromatic rings. The van der Waals surface area contributed by atoms with Crippen LogP contribution in [-0.2, 0) is 20.9 Å². The second-order valence-electron chi connectivity index (χ2n) is 10.5. The Labute approximate surface area is 235 Å². The number of benzene rings is 3. The van der Waals surface area contributed by atoms with E-state index in [1.807, 2.05) is 34.9 Å². The van der Waals surface area contributed by atoms with Crippen molar-refractivity contribution in [1.82, 2.24) is 9.47 Å². The predicted molar refractivity (Wildman–Crippen MR) is 147 cm³/mol. The molecule has 0 saturated carbocycles. The van der Waals surface area contributed by atoms with Crippen molar-refractivity contribution in [2.24, 2.45) is 0 Å². The topological polar surface area (TPSA) is 77.8 Å². The number of hydrogen-bond acceptors (Lipinski definition) is 5. The van der Waals surface area contributed by atoms with Crippen molar-refractivity contribution in [1.29, 1.82) is 0 Å². The van der Waals surface area contributed by atoms with Crippen molar-refractivity contribution in [3.8, 4) is 16.9 Å². The van der Waals surface area contributed by atoms with Crippen LogP contribution in [0, 0.1) is 0 Å². The van der Waals surface area contributed by atoms with Crippen LogP contribution < -0.4 is 4.74 Å². The normalized spacial score (nSPS) is 11.8. The fourth-order valence-electron chi connectivity index (χ4n) is 4.37. The minimum absolute atomic E-state index is 0.0986. The summed E-state index contributed by atoms with van der Waals surface area (Å²) in [6.07, 6.45) is -3.27. The Morgan fingerprint density at radius 2 is 1.56 bits per heavy atom. The zero-order valence-corrected chi connectivity index (χ0v) is 23.0. The molecule has 0 aliphatic heterocycles. The summed E-state index contributed by atoms with van der Waals surface area (Å²) >= 11 is 0. The summed E-state index contributed by atoms with van der Waals surface area (Å²) in [5.41, 5.74) is 1.89. The van der Waals surface area contributed by atoms with E-state index >= 15 is 0 Å². The third kappa shape index (κ3) is 7.53. The zero-order chi connectivity index (χ0) is 29.9. The highest BCUT2D eigenvalue weighted by Gasteiger charge is 2.31. The van der Waals surface area contributed by atoms with Gasteiger partial charge >= 0.3 is 12.3 Å². The maximum Gasteiger partial charge on any atom is 0.573 e. The minimum atomic E-state index is -4.84. The molecule has 0 N–H and O–H groups in total. The molecule has 0 aliphatic carbocycles. The van der Waals surface area contributed by atoms with Crippen LogP contribution in [0.5, 0.6) is 5.75 Å². The van der Waals surface area contributed by atoms with E-state index in [2.05, 4.69) is 4.74 Å². The zero-order valence-electron chi connectivity index (χ0n) is 23.0. The molecule has 0 saturated heterocycles. The lowest BCUT2D eigenvalue weighted by Crippen LogP contribution is -2.39. The second-order valence-corrected chi connectivity index (χ2v) is 10.5. The van der Waals surface area contributed by atoms with Gasteiger partial charge in [0.1, 0.15) is 17.9 Å². The van der Waals surface area contributed by atoms with Gasteiger partial charge in [-0.2, -0.15) is 0 Å². The van der Waals surface area contributed by atoms with Gasteiger partial charge < -0.3 is 18.9 Å². The molecule has 3 aromatic carbocycles. The van der Waals surface area contributed by atoms with Gasteiger partial charge in [-0.15, -0.1) is 13.2 Å². The number of carbonyl (C=O) groups excluding carboxylic acids is 3. The Hall–Kier alpha value is -4.60. The molecule has 41 heavy (non-hydrogen) atoms. The summed E-state index contributed by atoms with van der Waals surface area (Å²) in [5.74, 6) is -2.78. The molecule has 10 heteroatoms. The standard InChI is InChI=1S/C31H29F3N2O5/c1-30(2,3)41-27(37)19-35(4)29(39)28(38)25-18-36(17-20-9-6-5-7-10-20)26-14-13-22(16-24(25)26)21-11-8-12-23(15-21)40-31(32,33)34/h5-16,18H,17,19H2,1-4H3. The summed E-state index contributed by atoms with van der Waals surface area (Å²) < 4.78 is 49.5. The monoisotopic (exact) mass is 566 g/mol. The predicted octanol–water partition coefficient (Wildman–Crippen LogP) is 6.24. The van der Waals surface area contributed by atoms with Crippen LogP contribution in [0.1, 0.15) is 36.7 Å². The fraction of sp³-hybridized carbons (Fsp3) is 0.258. The maximum atomic E-state index is 13.5. The molecule has 0 fully saturated rings. The van der Waals surface area contributed by atoms with Gasteiger partial charge in [-0.1, -0.05) is 48.5 Å². The average molecular weight is 567 g/mol. The first kappa shape index (κ1) is 29.4. The third-order valence-corrected chi connectivity index (χ3v) is 6.05. The first-order valence-corrected chi connectivity index (χ1v) is 12.7. The van der Waals surface area contributed by atoms with Gasteiger partial charge in [-0.3, -0.25) is 14.4 Å². The lowest BCUT2D eigenvalue weighted by Gasteiger charge is -2.22. The first-order valence-electron chi connectivity index (χ1n) is 12.7. The van der Waals surface area contributed by atoms with E-state index in [1.54, 1.807) is 51.2 Å². The molecule has 1 aromatic heterocycles. The molecular formula is C31H29F3N2O5. The van der Waals surface area contributed by atoms with Crippen LogP contribution in [0.15, 0.2) is 79.0 Å². The van der Waals surface area contributed by atoms with Crippen LogP contribution in [0.25, 0.3) is 22.0 Å². The Morgan fingerprint density at radius 1 is 0.878 bits per heavy atom. The van der Waals surface area contributed by atoms with Gasteiger partial charge in [0.15, 0.2) is 0 Å². The number of fused-ring (bicyclic) bond motifs is 1. The summed E-state index contributed by atoms with van der Waals surface area (Å²) in [6.45, 7) is 5.08. The van der Waals surface area contributed by atoms with E-state index in [1.165, 1.54) is 25.2 Å². The van der Waals surface area contributed by atoms with Gasteiger partial charge in [0, 0.05) is 30.7 Å². The summed E-state index contributed by atoms with van der Waals surface area (Å²) in [5, 5.41) is 0.435. The van der Waals surface area contributed by atoms with Crippen molar-refractivity contribution in [2.45, 2.75) is 39.3 Å². The van der Waals surface area contributed by atoms with Gasteiger partial charge in [-0.25, -0.2) is 0 Å². The summed E-state index contributed by atoms with van der Waals surface area (Å²) in [6, 6.07) is 20.1. The number of alkyl halides is 3. The van der Waals surface area contributed by atoms with Gasteiger partial charge in [0.05, 0.1) is 5.56 Å². The largest absolute Gasteiger partial charge is 0.573 e. The quantitative estimate of drug-likeness (QED) is 0.143. The Kier molecular flexibility index (Phi) is 8.23. The van der Waals surface area contributed by atoms with Crippen molar-refractivity contribution in [3.63, 3.8) is 0 Å². The molecule has 1 amide bonds. The average Bonchev–Trinajstić information content (AvgIpc) is 3.23. The number of aromatic nitrogens is 1. The number of ether oxygens (including phenoxy) is 2. The third-order valence-electron chi connectivity index (χ3n) is 6.05. The van der Waals surface area contributed by atoms with Gasteiger partial charge in [0.2, 0.25) is 0 Å². The Balaban J connectivity index is 1.73. The van der Waals surface area contributed by atoms with Crippen LogP contribution in [0.3, 0.4) is 0 Å². The van der Waals surface area contributed by atoms with E-state index in [-0.39, 0.29) is 11.3 Å². The molecule has 0 unspecified atom stereocenters. The molecule has 0 spiro atoms. The second kappa shape index (κ2) is 11.5. The highest BCUT2D eigenvalue weighted by molar-refractivity contribution is 6.45. The van der Waals surface area contributed by atoms with E-state index in [0.29, 0.717) is 28.6 Å². The number of esters is 1. The summed E-state index contributed by atoms with van der Waals surface area (Å²) in [7, 11) is 1.34. The lowest BCUT2D eigenvalue weighted by atomic mass is 10.0. The molecular weight excluding hydrogens is 537 g/mol. The van der Waals surface area contributed by atoms with Crippen molar-refractivity contribution >= 4 is 28.6 Å². The number of nitrogens with zero attached hydrogens (tertiary/aromatic N) is 2. The number of carbonyl (C=O) groups is 3. The highest BCUT2D eigenvalue weighted by atomic mass is 19.4. The highest BCUT2D eigenvalue weighted by Crippen LogP contribution is 2.32. The Bertz CT molecular complexity index is 1590.